The van der Waals surface area contributed by atoms with Crippen LogP contribution in [0.25, 0.3) is 0 Å². The maximum absolute atomic E-state index is 11.9. The number of hydrogen-bond acceptors (Lipinski definition) is 3. The number of rotatable bonds is 4. The number of carbonyl (C=O) groups is 1. The summed E-state index contributed by atoms with van der Waals surface area (Å²) in [7, 11) is 0. The Balaban J connectivity index is 1.73. The van der Waals surface area contributed by atoms with Crippen molar-refractivity contribution >= 4 is 5.91 Å². The van der Waals surface area contributed by atoms with Crippen LogP contribution in [0.4, 0.5) is 0 Å². The summed E-state index contributed by atoms with van der Waals surface area (Å²) < 4.78 is 0. The predicted molar refractivity (Wildman–Crippen MR) is 71.1 cm³/mol. The summed E-state index contributed by atoms with van der Waals surface area (Å²) in [6.07, 6.45) is 3.54. The highest BCUT2D eigenvalue weighted by Crippen LogP contribution is 2.08. The lowest BCUT2D eigenvalue weighted by Gasteiger charge is -2.26. The highest BCUT2D eigenvalue weighted by molar-refractivity contribution is 5.78. The van der Waals surface area contributed by atoms with Crippen molar-refractivity contribution in [1.29, 1.82) is 0 Å². The van der Waals surface area contributed by atoms with Crippen molar-refractivity contribution in [3.05, 3.63) is 29.6 Å². The molecule has 0 aliphatic carbocycles. The van der Waals surface area contributed by atoms with Gasteiger partial charge in [0.2, 0.25) is 5.91 Å². The number of hydrogen-bond donors (Lipinski definition) is 1. The van der Waals surface area contributed by atoms with Crippen molar-refractivity contribution in [1.82, 2.24) is 15.2 Å². The summed E-state index contributed by atoms with van der Waals surface area (Å²) >= 11 is 0. The minimum absolute atomic E-state index is 0.211. The zero-order valence-corrected chi connectivity index (χ0v) is 11.0. The highest BCUT2D eigenvalue weighted by Gasteiger charge is 2.15. The number of aryl methyl sites for hydroxylation is 1. The summed E-state index contributed by atoms with van der Waals surface area (Å²) in [4.78, 5) is 18.3. The van der Waals surface area contributed by atoms with E-state index in [0.29, 0.717) is 13.1 Å². The number of amides is 1. The van der Waals surface area contributed by atoms with E-state index in [1.54, 1.807) is 0 Å². The molecule has 1 aromatic heterocycles. The van der Waals surface area contributed by atoms with E-state index in [1.165, 1.54) is 6.42 Å². The van der Waals surface area contributed by atoms with E-state index >= 15 is 0 Å². The second kappa shape index (κ2) is 6.50. The molecule has 0 aromatic carbocycles. The van der Waals surface area contributed by atoms with Crippen molar-refractivity contribution in [3.8, 4) is 0 Å². The largest absolute Gasteiger partial charge is 0.342 e. The molecule has 4 heteroatoms. The third kappa shape index (κ3) is 3.81. The van der Waals surface area contributed by atoms with Gasteiger partial charge < -0.3 is 10.2 Å². The monoisotopic (exact) mass is 247 g/mol. The molecule has 0 bridgehead atoms. The molecule has 1 amide bonds. The van der Waals surface area contributed by atoms with Crippen LogP contribution in [0, 0.1) is 6.92 Å². The molecule has 98 valence electrons. The van der Waals surface area contributed by atoms with E-state index in [2.05, 4.69) is 10.3 Å². The van der Waals surface area contributed by atoms with Crippen molar-refractivity contribution in [2.45, 2.75) is 32.7 Å². The SMILES string of the molecule is Cc1cccc(CNCC(=O)N2CCCCC2)n1. The first-order chi connectivity index (χ1) is 8.75. The third-order valence-corrected chi connectivity index (χ3v) is 3.24. The molecular formula is C14H21N3O. The molecule has 1 aromatic rings. The third-order valence-electron chi connectivity index (χ3n) is 3.24. The van der Waals surface area contributed by atoms with Crippen LogP contribution in [0.2, 0.25) is 0 Å². The number of aromatic nitrogens is 1. The molecule has 2 rings (SSSR count). The normalized spacial score (nSPS) is 15.7. The molecule has 18 heavy (non-hydrogen) atoms. The standard InChI is InChI=1S/C14H21N3O/c1-12-6-5-7-13(16-12)10-15-11-14(18)17-8-3-2-4-9-17/h5-7,15H,2-4,8-11H2,1H3. The van der Waals surface area contributed by atoms with Gasteiger partial charge in [0.15, 0.2) is 0 Å². The van der Waals surface area contributed by atoms with Gasteiger partial charge in [-0.05, 0) is 38.3 Å². The smallest absolute Gasteiger partial charge is 0.236 e. The Kier molecular flexibility index (Phi) is 4.70. The van der Waals surface area contributed by atoms with Crippen LogP contribution >= 0.6 is 0 Å². The van der Waals surface area contributed by atoms with Crippen LogP contribution in [0.1, 0.15) is 30.7 Å². The molecule has 1 fully saturated rings. The summed E-state index contributed by atoms with van der Waals surface area (Å²) in [5, 5.41) is 3.17. The average Bonchev–Trinajstić information content (AvgIpc) is 2.40. The molecule has 0 atom stereocenters. The molecule has 0 radical (unpaired) electrons. The van der Waals surface area contributed by atoms with Gasteiger partial charge in [0, 0.05) is 25.3 Å². The van der Waals surface area contributed by atoms with E-state index in [0.717, 1.165) is 37.3 Å². The van der Waals surface area contributed by atoms with Crippen LogP contribution in [-0.2, 0) is 11.3 Å². The first-order valence-corrected chi connectivity index (χ1v) is 6.67. The van der Waals surface area contributed by atoms with Gasteiger partial charge in [0.1, 0.15) is 0 Å². The second-order valence-corrected chi connectivity index (χ2v) is 4.82. The highest BCUT2D eigenvalue weighted by atomic mass is 16.2. The minimum Gasteiger partial charge on any atom is -0.342 e. The maximum atomic E-state index is 11.9. The van der Waals surface area contributed by atoms with E-state index in [4.69, 9.17) is 0 Å². The number of pyridine rings is 1. The topological polar surface area (TPSA) is 45.2 Å². The Morgan fingerprint density at radius 1 is 1.33 bits per heavy atom. The summed E-state index contributed by atoms with van der Waals surface area (Å²) in [5.41, 5.74) is 2.00. The quantitative estimate of drug-likeness (QED) is 0.877. The molecule has 2 heterocycles. The molecule has 0 unspecified atom stereocenters. The first kappa shape index (κ1) is 13.0. The van der Waals surface area contributed by atoms with Crippen LogP contribution < -0.4 is 5.32 Å². The fourth-order valence-electron chi connectivity index (χ4n) is 2.25. The van der Waals surface area contributed by atoms with Crippen LogP contribution in [0.5, 0.6) is 0 Å². The van der Waals surface area contributed by atoms with E-state index < -0.39 is 0 Å². The van der Waals surface area contributed by atoms with Gasteiger partial charge in [0.25, 0.3) is 0 Å². The van der Waals surface area contributed by atoms with E-state index in [-0.39, 0.29) is 5.91 Å². The Morgan fingerprint density at radius 2 is 2.11 bits per heavy atom. The van der Waals surface area contributed by atoms with Crippen molar-refractivity contribution in [2.75, 3.05) is 19.6 Å². The number of piperidine rings is 1. The number of nitrogens with zero attached hydrogens (tertiary/aromatic N) is 2. The van der Waals surface area contributed by atoms with Gasteiger partial charge in [-0.15, -0.1) is 0 Å². The lowest BCUT2D eigenvalue weighted by atomic mass is 10.1. The maximum Gasteiger partial charge on any atom is 0.236 e. The van der Waals surface area contributed by atoms with Crippen molar-refractivity contribution in [3.63, 3.8) is 0 Å². The Morgan fingerprint density at radius 3 is 2.83 bits per heavy atom. The molecule has 0 spiro atoms. The number of likely N-dealkylation sites (tertiary alicyclic amines) is 1. The van der Waals surface area contributed by atoms with Gasteiger partial charge >= 0.3 is 0 Å². The van der Waals surface area contributed by atoms with Crippen LogP contribution in [0.15, 0.2) is 18.2 Å². The average molecular weight is 247 g/mol. The fraction of sp³-hybridized carbons (Fsp3) is 0.571. The minimum atomic E-state index is 0.211. The number of carbonyl (C=O) groups excluding carboxylic acids is 1. The predicted octanol–water partition coefficient (Wildman–Crippen LogP) is 1.49. The Bertz CT molecular complexity index is 400. The lowest BCUT2D eigenvalue weighted by Crippen LogP contribution is -2.41. The van der Waals surface area contributed by atoms with Gasteiger partial charge in [-0.2, -0.15) is 0 Å². The first-order valence-electron chi connectivity index (χ1n) is 6.67. The molecule has 1 aliphatic rings. The lowest BCUT2D eigenvalue weighted by molar-refractivity contribution is -0.131. The van der Waals surface area contributed by atoms with E-state index in [1.807, 2.05) is 30.0 Å². The Labute approximate surface area is 108 Å². The van der Waals surface area contributed by atoms with Gasteiger partial charge in [0.05, 0.1) is 12.2 Å². The zero-order valence-electron chi connectivity index (χ0n) is 11.0. The molecule has 1 saturated heterocycles. The van der Waals surface area contributed by atoms with Crippen molar-refractivity contribution < 1.29 is 4.79 Å². The molecule has 1 aliphatic heterocycles. The molecule has 0 saturated carbocycles. The fourth-order valence-corrected chi connectivity index (χ4v) is 2.25. The Hall–Kier alpha value is -1.42. The van der Waals surface area contributed by atoms with Crippen LogP contribution in [0.3, 0.4) is 0 Å². The van der Waals surface area contributed by atoms with Gasteiger partial charge in [-0.1, -0.05) is 6.07 Å². The molecular weight excluding hydrogens is 226 g/mol. The second-order valence-electron chi connectivity index (χ2n) is 4.82. The van der Waals surface area contributed by atoms with Crippen LogP contribution in [-0.4, -0.2) is 35.4 Å². The van der Waals surface area contributed by atoms with Gasteiger partial charge in [-0.25, -0.2) is 0 Å². The van der Waals surface area contributed by atoms with Gasteiger partial charge in [-0.3, -0.25) is 9.78 Å². The molecule has 1 N–H and O–H groups in total. The summed E-state index contributed by atoms with van der Waals surface area (Å²) in [6, 6.07) is 5.94. The summed E-state index contributed by atoms with van der Waals surface area (Å²) in [6.45, 7) is 4.88. The van der Waals surface area contributed by atoms with Crippen molar-refractivity contribution in [2.24, 2.45) is 0 Å². The van der Waals surface area contributed by atoms with E-state index in [9.17, 15) is 4.79 Å². The zero-order chi connectivity index (χ0) is 12.8. The number of nitrogens with one attached hydrogen (secondary N) is 1. The molecule has 4 nitrogen and oxygen atoms in total. The summed E-state index contributed by atoms with van der Waals surface area (Å²) in [5.74, 6) is 0.211.